The van der Waals surface area contributed by atoms with Gasteiger partial charge in [-0.25, -0.2) is 4.98 Å². The molecule has 0 radical (unpaired) electrons. The SMILES string of the molecule is CN=C(NCCCn1nc(C)cc1C)NCc1cccnc1OCC(F)(F)F. The molecule has 0 aromatic carbocycles. The predicted molar refractivity (Wildman–Crippen MR) is 100 cm³/mol. The molecule has 0 bridgehead atoms. The monoisotopic (exact) mass is 398 g/mol. The maximum atomic E-state index is 12.4. The van der Waals surface area contributed by atoms with E-state index < -0.39 is 12.8 Å². The summed E-state index contributed by atoms with van der Waals surface area (Å²) in [6, 6.07) is 5.32. The van der Waals surface area contributed by atoms with Gasteiger partial charge in [0.2, 0.25) is 5.88 Å². The Morgan fingerprint density at radius 3 is 2.71 bits per heavy atom. The zero-order valence-electron chi connectivity index (χ0n) is 16.2. The van der Waals surface area contributed by atoms with Crippen molar-refractivity contribution < 1.29 is 17.9 Å². The van der Waals surface area contributed by atoms with Crippen molar-refractivity contribution in [3.63, 3.8) is 0 Å². The maximum Gasteiger partial charge on any atom is 0.422 e. The fourth-order valence-electron chi connectivity index (χ4n) is 2.58. The summed E-state index contributed by atoms with van der Waals surface area (Å²) in [4.78, 5) is 7.99. The first-order valence-corrected chi connectivity index (χ1v) is 8.87. The summed E-state index contributed by atoms with van der Waals surface area (Å²) in [6.45, 7) is 4.28. The average molecular weight is 398 g/mol. The Morgan fingerprint density at radius 2 is 2.07 bits per heavy atom. The molecule has 2 rings (SSSR count). The number of nitrogens with zero attached hydrogens (tertiary/aromatic N) is 4. The van der Waals surface area contributed by atoms with Gasteiger partial charge >= 0.3 is 6.18 Å². The van der Waals surface area contributed by atoms with E-state index in [1.165, 1.54) is 6.20 Å². The van der Waals surface area contributed by atoms with Gasteiger partial charge in [0.25, 0.3) is 0 Å². The Balaban J connectivity index is 1.80. The largest absolute Gasteiger partial charge is 0.468 e. The molecule has 2 heterocycles. The van der Waals surface area contributed by atoms with Gasteiger partial charge in [-0.2, -0.15) is 18.3 Å². The molecule has 10 heteroatoms. The molecule has 0 saturated heterocycles. The predicted octanol–water partition coefficient (Wildman–Crippen LogP) is 2.59. The van der Waals surface area contributed by atoms with Crippen LogP contribution in [0.4, 0.5) is 13.2 Å². The molecular weight excluding hydrogens is 373 g/mol. The van der Waals surface area contributed by atoms with Crippen molar-refractivity contribution in [3.8, 4) is 5.88 Å². The van der Waals surface area contributed by atoms with Gasteiger partial charge in [0.1, 0.15) is 0 Å². The van der Waals surface area contributed by atoms with E-state index in [0.717, 1.165) is 24.4 Å². The van der Waals surface area contributed by atoms with Crippen LogP contribution in [0.2, 0.25) is 0 Å². The van der Waals surface area contributed by atoms with Crippen molar-refractivity contribution in [1.29, 1.82) is 0 Å². The Bertz CT molecular complexity index is 788. The van der Waals surface area contributed by atoms with Crippen molar-refractivity contribution in [2.24, 2.45) is 4.99 Å². The number of guanidine groups is 1. The van der Waals surface area contributed by atoms with Gasteiger partial charge < -0.3 is 15.4 Å². The van der Waals surface area contributed by atoms with E-state index in [1.807, 2.05) is 24.6 Å². The fourth-order valence-corrected chi connectivity index (χ4v) is 2.58. The second-order valence-electron chi connectivity index (χ2n) is 6.23. The number of rotatable bonds is 8. The third kappa shape index (κ3) is 7.09. The van der Waals surface area contributed by atoms with Crippen molar-refractivity contribution >= 4 is 5.96 Å². The number of hydrogen-bond acceptors (Lipinski definition) is 4. The molecule has 0 amide bonds. The summed E-state index contributed by atoms with van der Waals surface area (Å²) in [7, 11) is 1.63. The minimum absolute atomic E-state index is 0.0488. The van der Waals surface area contributed by atoms with Crippen LogP contribution in [0.3, 0.4) is 0 Å². The summed E-state index contributed by atoms with van der Waals surface area (Å²) >= 11 is 0. The molecule has 154 valence electrons. The number of aromatic nitrogens is 3. The van der Waals surface area contributed by atoms with Crippen LogP contribution in [0.1, 0.15) is 23.4 Å². The minimum Gasteiger partial charge on any atom is -0.468 e. The van der Waals surface area contributed by atoms with Gasteiger partial charge in [-0.3, -0.25) is 9.67 Å². The summed E-state index contributed by atoms with van der Waals surface area (Å²) in [5.41, 5.74) is 2.61. The van der Waals surface area contributed by atoms with Crippen LogP contribution in [-0.2, 0) is 13.1 Å². The lowest BCUT2D eigenvalue weighted by Crippen LogP contribution is -2.37. The van der Waals surface area contributed by atoms with Crippen molar-refractivity contribution in [3.05, 3.63) is 41.3 Å². The van der Waals surface area contributed by atoms with Crippen molar-refractivity contribution in [2.45, 2.75) is 39.5 Å². The summed E-state index contributed by atoms with van der Waals surface area (Å²) < 4.78 is 43.8. The summed E-state index contributed by atoms with van der Waals surface area (Å²) in [5, 5.41) is 10.6. The van der Waals surface area contributed by atoms with Crippen molar-refractivity contribution in [1.82, 2.24) is 25.4 Å². The standard InChI is InChI=1S/C18H25F3N6O/c1-13-10-14(2)27(26-13)9-5-8-24-17(22-3)25-11-15-6-4-7-23-16(15)28-12-18(19,20)21/h4,6-7,10H,5,8-9,11-12H2,1-3H3,(H2,22,24,25). The lowest BCUT2D eigenvalue weighted by atomic mass is 10.2. The van der Waals surface area contributed by atoms with E-state index in [1.54, 1.807) is 19.2 Å². The highest BCUT2D eigenvalue weighted by atomic mass is 19.4. The van der Waals surface area contributed by atoms with Crippen LogP contribution >= 0.6 is 0 Å². The number of hydrogen-bond donors (Lipinski definition) is 2. The topological polar surface area (TPSA) is 76.4 Å². The molecular formula is C18H25F3N6O. The van der Waals surface area contributed by atoms with Gasteiger partial charge in [-0.15, -0.1) is 0 Å². The average Bonchev–Trinajstić information content (AvgIpc) is 2.96. The molecule has 0 fully saturated rings. The number of alkyl halides is 3. The number of ether oxygens (including phenoxy) is 1. The molecule has 0 atom stereocenters. The first-order chi connectivity index (χ1) is 13.3. The number of nitrogens with one attached hydrogen (secondary N) is 2. The zero-order valence-corrected chi connectivity index (χ0v) is 16.2. The van der Waals surface area contributed by atoms with E-state index >= 15 is 0 Å². The molecule has 0 aliphatic rings. The Hall–Kier alpha value is -2.78. The highest BCUT2D eigenvalue weighted by Gasteiger charge is 2.29. The molecule has 28 heavy (non-hydrogen) atoms. The third-order valence-corrected chi connectivity index (χ3v) is 3.83. The van der Waals surface area contributed by atoms with Crippen molar-refractivity contribution in [2.75, 3.05) is 20.2 Å². The minimum atomic E-state index is -4.41. The number of halogens is 3. The van der Waals surface area contributed by atoms with Gasteiger partial charge in [0, 0.05) is 44.1 Å². The number of aliphatic imine (C=N–C) groups is 1. The van der Waals surface area contributed by atoms with E-state index in [2.05, 4.69) is 25.7 Å². The molecule has 2 N–H and O–H groups in total. The summed E-state index contributed by atoms with van der Waals surface area (Å²) in [5.74, 6) is 0.492. The Labute approximate surface area is 162 Å². The van der Waals surface area contributed by atoms with E-state index in [9.17, 15) is 13.2 Å². The molecule has 2 aromatic heterocycles. The Kier molecular flexibility index (Phi) is 7.65. The smallest absolute Gasteiger partial charge is 0.422 e. The second-order valence-corrected chi connectivity index (χ2v) is 6.23. The van der Waals surface area contributed by atoms with Crippen LogP contribution in [0.5, 0.6) is 5.88 Å². The molecule has 7 nitrogen and oxygen atoms in total. The third-order valence-electron chi connectivity index (χ3n) is 3.83. The first kappa shape index (κ1) is 21.5. The van der Waals surface area contributed by atoms with Crippen LogP contribution in [0.15, 0.2) is 29.4 Å². The first-order valence-electron chi connectivity index (χ1n) is 8.87. The van der Waals surface area contributed by atoms with E-state index in [4.69, 9.17) is 4.74 Å². The van der Waals surface area contributed by atoms with Gasteiger partial charge in [-0.05, 0) is 32.4 Å². The van der Waals surface area contributed by atoms with E-state index in [0.29, 0.717) is 18.1 Å². The second kappa shape index (κ2) is 9.95. The Morgan fingerprint density at radius 1 is 1.29 bits per heavy atom. The maximum absolute atomic E-state index is 12.4. The molecule has 2 aromatic rings. The van der Waals surface area contributed by atoms with Crippen LogP contribution < -0.4 is 15.4 Å². The molecule has 0 aliphatic carbocycles. The lowest BCUT2D eigenvalue weighted by Gasteiger charge is -2.15. The van der Waals surface area contributed by atoms with Crippen LogP contribution in [0, 0.1) is 13.8 Å². The van der Waals surface area contributed by atoms with Gasteiger partial charge in [0.15, 0.2) is 12.6 Å². The van der Waals surface area contributed by atoms with E-state index in [-0.39, 0.29) is 12.4 Å². The quantitative estimate of drug-likeness (QED) is 0.406. The normalized spacial score (nSPS) is 12.1. The lowest BCUT2D eigenvalue weighted by molar-refractivity contribution is -0.154. The van der Waals surface area contributed by atoms with Crippen LogP contribution in [-0.4, -0.2) is 47.1 Å². The number of aryl methyl sites for hydroxylation is 3. The molecule has 0 spiro atoms. The van der Waals surface area contributed by atoms with Crippen LogP contribution in [0.25, 0.3) is 0 Å². The molecule has 0 unspecified atom stereocenters. The van der Waals surface area contributed by atoms with Gasteiger partial charge in [-0.1, -0.05) is 6.07 Å². The highest BCUT2D eigenvalue weighted by molar-refractivity contribution is 5.79. The molecule has 0 aliphatic heterocycles. The zero-order chi connectivity index (χ0) is 20.6. The number of pyridine rings is 1. The summed E-state index contributed by atoms with van der Waals surface area (Å²) in [6.07, 6.45) is -2.18. The molecule has 0 saturated carbocycles. The fraction of sp³-hybridized carbons (Fsp3) is 0.500. The highest BCUT2D eigenvalue weighted by Crippen LogP contribution is 2.19. The van der Waals surface area contributed by atoms with Gasteiger partial charge in [0.05, 0.1) is 5.69 Å².